The Morgan fingerprint density at radius 3 is 2.50 bits per heavy atom. The summed E-state index contributed by atoms with van der Waals surface area (Å²) >= 11 is 0. The third-order valence-electron chi connectivity index (χ3n) is 4.21. The van der Waals surface area contributed by atoms with Crippen molar-refractivity contribution in [2.45, 2.75) is 32.7 Å². The molecule has 7 nitrogen and oxygen atoms in total. The zero-order valence-electron chi connectivity index (χ0n) is 14.5. The van der Waals surface area contributed by atoms with Gasteiger partial charge in [0.15, 0.2) is 0 Å². The first kappa shape index (κ1) is 19.1. The van der Waals surface area contributed by atoms with Crippen LogP contribution in [0.5, 0.6) is 0 Å². The highest BCUT2D eigenvalue weighted by atomic mass is 16.6. The standard InChI is InChI=1S/C19H20N2O5/c1-12-5-3-4-6-14(12)8-10-18(22)20-17-11-15(19(23)24)7-9-16(17)13(2)21(25)26/h3-7,9,11,13H,8,10H2,1-2H3,(H,20,22)(H,23,24)/p-1. The van der Waals surface area contributed by atoms with Gasteiger partial charge in [-0.15, -0.1) is 0 Å². The van der Waals surface area contributed by atoms with Crippen molar-refractivity contribution in [3.05, 3.63) is 74.8 Å². The molecule has 1 N–H and O–H groups in total. The zero-order chi connectivity index (χ0) is 19.3. The van der Waals surface area contributed by atoms with Gasteiger partial charge in [-0.05, 0) is 42.2 Å². The Bertz CT molecular complexity index is 848. The molecule has 0 fully saturated rings. The molecule has 0 aromatic heterocycles. The average Bonchev–Trinajstić information content (AvgIpc) is 2.60. The Morgan fingerprint density at radius 2 is 1.88 bits per heavy atom. The lowest BCUT2D eigenvalue weighted by Crippen LogP contribution is -2.23. The molecule has 0 radical (unpaired) electrons. The normalized spacial score (nSPS) is 11.6. The van der Waals surface area contributed by atoms with E-state index in [1.165, 1.54) is 25.1 Å². The van der Waals surface area contributed by atoms with Crippen LogP contribution in [-0.2, 0) is 11.2 Å². The van der Waals surface area contributed by atoms with Crippen molar-refractivity contribution in [2.75, 3.05) is 5.32 Å². The second kappa shape index (κ2) is 8.24. The summed E-state index contributed by atoms with van der Waals surface area (Å²) in [6.07, 6.45) is 0.686. The van der Waals surface area contributed by atoms with Crippen LogP contribution in [0.4, 0.5) is 5.69 Å². The van der Waals surface area contributed by atoms with Crippen molar-refractivity contribution in [2.24, 2.45) is 0 Å². The molecule has 0 aliphatic rings. The number of carboxylic acids is 1. The number of nitrogens with one attached hydrogen (secondary N) is 1. The van der Waals surface area contributed by atoms with Crippen molar-refractivity contribution < 1.29 is 19.6 Å². The van der Waals surface area contributed by atoms with E-state index >= 15 is 0 Å². The van der Waals surface area contributed by atoms with Crippen LogP contribution in [0.3, 0.4) is 0 Å². The fourth-order valence-electron chi connectivity index (χ4n) is 2.62. The summed E-state index contributed by atoms with van der Waals surface area (Å²) in [6, 6.07) is 10.3. The first-order valence-corrected chi connectivity index (χ1v) is 8.12. The number of carbonyl (C=O) groups is 2. The minimum Gasteiger partial charge on any atom is -0.545 e. The SMILES string of the molecule is Cc1ccccc1CCC(=O)Nc1cc(C(=O)[O-])ccc1C(C)[N+](=O)[O-]. The molecule has 136 valence electrons. The average molecular weight is 355 g/mol. The molecule has 0 aliphatic carbocycles. The predicted molar refractivity (Wildman–Crippen MR) is 94.3 cm³/mol. The van der Waals surface area contributed by atoms with E-state index in [-0.39, 0.29) is 29.1 Å². The van der Waals surface area contributed by atoms with Gasteiger partial charge in [-0.3, -0.25) is 14.9 Å². The minimum absolute atomic E-state index is 0.116. The highest BCUT2D eigenvalue weighted by Gasteiger charge is 2.21. The molecule has 1 unspecified atom stereocenters. The van der Waals surface area contributed by atoms with Gasteiger partial charge >= 0.3 is 0 Å². The van der Waals surface area contributed by atoms with Gasteiger partial charge in [0.25, 0.3) is 0 Å². The van der Waals surface area contributed by atoms with E-state index in [9.17, 15) is 24.8 Å². The van der Waals surface area contributed by atoms with E-state index in [0.29, 0.717) is 6.42 Å². The van der Waals surface area contributed by atoms with E-state index in [2.05, 4.69) is 5.32 Å². The predicted octanol–water partition coefficient (Wildman–Crippen LogP) is 2.27. The Kier molecular flexibility index (Phi) is 6.06. The summed E-state index contributed by atoms with van der Waals surface area (Å²) < 4.78 is 0. The maximum atomic E-state index is 12.3. The van der Waals surface area contributed by atoms with Gasteiger partial charge in [-0.2, -0.15) is 0 Å². The number of amides is 1. The van der Waals surface area contributed by atoms with Crippen molar-refractivity contribution in [1.29, 1.82) is 0 Å². The van der Waals surface area contributed by atoms with Gasteiger partial charge in [0.2, 0.25) is 11.9 Å². The van der Waals surface area contributed by atoms with Gasteiger partial charge in [-0.25, -0.2) is 0 Å². The molecule has 0 aliphatic heterocycles. The number of carboxylic acid groups (broad SMARTS) is 1. The maximum absolute atomic E-state index is 12.3. The van der Waals surface area contributed by atoms with Crippen LogP contribution in [0.15, 0.2) is 42.5 Å². The number of rotatable bonds is 7. The molecule has 0 bridgehead atoms. The topological polar surface area (TPSA) is 112 Å². The van der Waals surface area contributed by atoms with Crippen LogP contribution in [-0.4, -0.2) is 16.8 Å². The smallest absolute Gasteiger partial charge is 0.237 e. The molecule has 2 aromatic rings. The van der Waals surface area contributed by atoms with Crippen LogP contribution in [0.2, 0.25) is 0 Å². The number of hydrogen-bond acceptors (Lipinski definition) is 5. The van der Waals surface area contributed by atoms with Gasteiger partial charge in [-0.1, -0.05) is 30.3 Å². The molecule has 1 amide bonds. The van der Waals surface area contributed by atoms with Crippen LogP contribution >= 0.6 is 0 Å². The lowest BCUT2D eigenvalue weighted by molar-refractivity contribution is -0.524. The Morgan fingerprint density at radius 1 is 1.19 bits per heavy atom. The van der Waals surface area contributed by atoms with E-state index in [0.717, 1.165) is 11.1 Å². The second-order valence-electron chi connectivity index (χ2n) is 6.03. The van der Waals surface area contributed by atoms with Crippen LogP contribution in [0.25, 0.3) is 0 Å². The van der Waals surface area contributed by atoms with Gasteiger partial charge in [0.05, 0.1) is 11.7 Å². The van der Waals surface area contributed by atoms with Crippen LogP contribution in [0.1, 0.15) is 46.4 Å². The monoisotopic (exact) mass is 355 g/mol. The lowest BCUT2D eigenvalue weighted by atomic mass is 10.0. The van der Waals surface area contributed by atoms with Crippen molar-refractivity contribution in [3.8, 4) is 0 Å². The molecule has 2 rings (SSSR count). The molecule has 0 heterocycles. The van der Waals surface area contributed by atoms with Gasteiger partial charge in [0.1, 0.15) is 0 Å². The van der Waals surface area contributed by atoms with E-state index in [1.54, 1.807) is 0 Å². The third kappa shape index (κ3) is 4.66. The summed E-state index contributed by atoms with van der Waals surface area (Å²) in [4.78, 5) is 33.9. The molecule has 1 atom stereocenters. The highest BCUT2D eigenvalue weighted by molar-refractivity contribution is 5.94. The molecular formula is C19H19N2O5-. The van der Waals surface area contributed by atoms with E-state index < -0.39 is 16.9 Å². The van der Waals surface area contributed by atoms with E-state index in [4.69, 9.17) is 0 Å². The first-order chi connectivity index (χ1) is 12.3. The summed E-state index contributed by atoms with van der Waals surface area (Å²) in [5.41, 5.74) is 2.31. The summed E-state index contributed by atoms with van der Waals surface area (Å²) in [6.45, 7) is 3.32. The first-order valence-electron chi connectivity index (χ1n) is 8.12. The third-order valence-corrected chi connectivity index (χ3v) is 4.21. The van der Waals surface area contributed by atoms with Crippen LogP contribution < -0.4 is 10.4 Å². The molecule has 2 aromatic carbocycles. The molecule has 7 heteroatoms. The second-order valence-corrected chi connectivity index (χ2v) is 6.03. The minimum atomic E-state index is -1.42. The number of nitrogens with zero attached hydrogens (tertiary/aromatic N) is 1. The molecule has 0 spiro atoms. The number of anilines is 1. The fraction of sp³-hybridized carbons (Fsp3) is 0.263. The molecule has 26 heavy (non-hydrogen) atoms. The summed E-state index contributed by atoms with van der Waals surface area (Å²) in [7, 11) is 0. The van der Waals surface area contributed by atoms with Gasteiger partial charge < -0.3 is 15.2 Å². The molecule has 0 saturated heterocycles. The maximum Gasteiger partial charge on any atom is 0.237 e. The highest BCUT2D eigenvalue weighted by Crippen LogP contribution is 2.26. The van der Waals surface area contributed by atoms with Crippen molar-refractivity contribution in [3.63, 3.8) is 0 Å². The number of carbonyl (C=O) groups excluding carboxylic acids is 2. The van der Waals surface area contributed by atoms with Crippen molar-refractivity contribution >= 4 is 17.6 Å². The Labute approximate surface area is 150 Å². The largest absolute Gasteiger partial charge is 0.545 e. The Hall–Kier alpha value is -3.22. The van der Waals surface area contributed by atoms with Crippen LogP contribution in [0, 0.1) is 17.0 Å². The van der Waals surface area contributed by atoms with Gasteiger partial charge in [0, 0.05) is 23.8 Å². The fourth-order valence-corrected chi connectivity index (χ4v) is 2.62. The number of benzene rings is 2. The van der Waals surface area contributed by atoms with Crippen molar-refractivity contribution in [1.82, 2.24) is 0 Å². The quantitative estimate of drug-likeness (QED) is 0.605. The molecule has 0 saturated carbocycles. The number of aryl methyl sites for hydroxylation is 2. The number of hydrogen-bond donors (Lipinski definition) is 1. The zero-order valence-corrected chi connectivity index (χ0v) is 14.5. The lowest BCUT2D eigenvalue weighted by Gasteiger charge is -2.15. The number of nitro groups is 1. The van der Waals surface area contributed by atoms with E-state index in [1.807, 2.05) is 31.2 Å². The molecular weight excluding hydrogens is 336 g/mol. The summed E-state index contributed by atoms with van der Waals surface area (Å²) in [5.74, 6) is -1.76. The Balaban J connectivity index is 2.19. The number of aromatic carboxylic acids is 1. The summed E-state index contributed by atoms with van der Waals surface area (Å²) in [5, 5.41) is 24.7.